The fraction of sp³-hybridized carbons (Fsp3) is 0.235. The van der Waals surface area contributed by atoms with Crippen LogP contribution in [0.25, 0.3) is 0 Å². The Hall–Kier alpha value is -1.60. The van der Waals surface area contributed by atoms with Crippen molar-refractivity contribution in [2.75, 3.05) is 0 Å². The Morgan fingerprint density at radius 2 is 1.79 bits per heavy atom. The van der Waals surface area contributed by atoms with Crippen LogP contribution in [0.1, 0.15) is 41.3 Å². The molecular formula is C17H17ClO. The number of carbonyl (C=O) groups excluding carboxylic acids is 1. The highest BCUT2D eigenvalue weighted by Crippen LogP contribution is 2.16. The van der Waals surface area contributed by atoms with Crippen molar-refractivity contribution in [3.8, 4) is 0 Å². The zero-order chi connectivity index (χ0) is 13.7. The molecule has 0 spiro atoms. The average molecular weight is 273 g/mol. The zero-order valence-corrected chi connectivity index (χ0v) is 11.8. The van der Waals surface area contributed by atoms with Crippen LogP contribution in [0.15, 0.2) is 48.5 Å². The van der Waals surface area contributed by atoms with Crippen LogP contribution >= 0.6 is 11.6 Å². The lowest BCUT2D eigenvalue weighted by Crippen LogP contribution is -2.01. The van der Waals surface area contributed by atoms with E-state index in [4.69, 9.17) is 11.6 Å². The smallest absolute Gasteiger partial charge is 0.193 e. The SMILES string of the molecule is CCCCc1ccc(C(=O)c2cccc(Cl)c2)cc1. The molecule has 2 aromatic rings. The van der Waals surface area contributed by atoms with Crippen molar-refractivity contribution in [3.63, 3.8) is 0 Å². The summed E-state index contributed by atoms with van der Waals surface area (Å²) in [6.07, 6.45) is 3.44. The van der Waals surface area contributed by atoms with Gasteiger partial charge in [-0.05, 0) is 30.5 Å². The number of aryl methyl sites for hydroxylation is 1. The molecule has 0 aromatic heterocycles. The van der Waals surface area contributed by atoms with Gasteiger partial charge in [0.1, 0.15) is 0 Å². The van der Waals surface area contributed by atoms with Gasteiger partial charge in [-0.3, -0.25) is 4.79 Å². The van der Waals surface area contributed by atoms with E-state index >= 15 is 0 Å². The van der Waals surface area contributed by atoms with Crippen LogP contribution in [-0.2, 0) is 6.42 Å². The van der Waals surface area contributed by atoms with E-state index in [9.17, 15) is 4.79 Å². The molecule has 0 amide bonds. The lowest BCUT2D eigenvalue weighted by molar-refractivity contribution is 0.103. The van der Waals surface area contributed by atoms with Crippen molar-refractivity contribution in [1.29, 1.82) is 0 Å². The van der Waals surface area contributed by atoms with Crippen molar-refractivity contribution < 1.29 is 4.79 Å². The van der Waals surface area contributed by atoms with Crippen molar-refractivity contribution in [1.82, 2.24) is 0 Å². The fourth-order valence-electron chi connectivity index (χ4n) is 2.00. The summed E-state index contributed by atoms with van der Waals surface area (Å²) >= 11 is 5.91. The van der Waals surface area contributed by atoms with Gasteiger partial charge in [0, 0.05) is 16.1 Å². The van der Waals surface area contributed by atoms with Crippen LogP contribution in [0.2, 0.25) is 5.02 Å². The van der Waals surface area contributed by atoms with Crippen LogP contribution in [0.4, 0.5) is 0 Å². The Balaban J connectivity index is 2.15. The zero-order valence-electron chi connectivity index (χ0n) is 11.0. The van der Waals surface area contributed by atoms with Gasteiger partial charge in [-0.1, -0.05) is 61.3 Å². The van der Waals surface area contributed by atoms with E-state index in [2.05, 4.69) is 6.92 Å². The first-order valence-electron chi connectivity index (χ1n) is 6.60. The topological polar surface area (TPSA) is 17.1 Å². The Kier molecular flexibility index (Phi) is 4.75. The molecule has 0 aliphatic carbocycles. The van der Waals surface area contributed by atoms with Crippen LogP contribution < -0.4 is 0 Å². The number of rotatable bonds is 5. The number of unbranched alkanes of at least 4 members (excludes halogenated alkanes) is 1. The second-order valence-electron chi connectivity index (χ2n) is 4.64. The molecule has 0 atom stereocenters. The number of carbonyl (C=O) groups is 1. The molecule has 0 N–H and O–H groups in total. The minimum atomic E-state index is 0.0181. The van der Waals surface area contributed by atoms with Gasteiger partial charge in [0.15, 0.2) is 5.78 Å². The quantitative estimate of drug-likeness (QED) is 0.707. The van der Waals surface area contributed by atoms with Crippen molar-refractivity contribution >= 4 is 17.4 Å². The molecule has 2 aromatic carbocycles. The van der Waals surface area contributed by atoms with E-state index in [1.165, 1.54) is 18.4 Å². The summed E-state index contributed by atoms with van der Waals surface area (Å²) in [6, 6.07) is 14.9. The molecule has 0 saturated carbocycles. The first kappa shape index (κ1) is 13.8. The molecule has 1 nitrogen and oxygen atoms in total. The van der Waals surface area contributed by atoms with Crippen LogP contribution in [0.3, 0.4) is 0 Å². The van der Waals surface area contributed by atoms with E-state index in [1.54, 1.807) is 24.3 Å². The van der Waals surface area contributed by atoms with E-state index in [-0.39, 0.29) is 5.78 Å². The van der Waals surface area contributed by atoms with E-state index in [0.717, 1.165) is 6.42 Å². The molecule has 0 radical (unpaired) electrons. The lowest BCUT2D eigenvalue weighted by Gasteiger charge is -2.04. The predicted molar refractivity (Wildman–Crippen MR) is 79.9 cm³/mol. The van der Waals surface area contributed by atoms with Gasteiger partial charge in [-0.25, -0.2) is 0 Å². The first-order valence-corrected chi connectivity index (χ1v) is 6.97. The monoisotopic (exact) mass is 272 g/mol. The van der Waals surface area contributed by atoms with Crippen molar-refractivity contribution in [2.45, 2.75) is 26.2 Å². The molecule has 19 heavy (non-hydrogen) atoms. The Labute approximate surface area is 119 Å². The van der Waals surface area contributed by atoms with Crippen molar-refractivity contribution in [2.24, 2.45) is 0 Å². The maximum absolute atomic E-state index is 12.3. The third-order valence-electron chi connectivity index (χ3n) is 3.12. The highest BCUT2D eigenvalue weighted by Gasteiger charge is 2.09. The average Bonchev–Trinajstić information content (AvgIpc) is 2.45. The second kappa shape index (κ2) is 6.53. The molecule has 0 bridgehead atoms. The van der Waals surface area contributed by atoms with Gasteiger partial charge in [0.2, 0.25) is 0 Å². The third kappa shape index (κ3) is 3.68. The van der Waals surface area contributed by atoms with Gasteiger partial charge in [-0.15, -0.1) is 0 Å². The molecule has 2 heteroatoms. The van der Waals surface area contributed by atoms with Crippen LogP contribution in [0, 0.1) is 0 Å². The first-order chi connectivity index (χ1) is 9.20. The van der Waals surface area contributed by atoms with E-state index in [1.807, 2.05) is 24.3 Å². The molecule has 98 valence electrons. The Morgan fingerprint density at radius 1 is 1.05 bits per heavy atom. The Morgan fingerprint density at radius 3 is 2.42 bits per heavy atom. The minimum Gasteiger partial charge on any atom is -0.289 e. The van der Waals surface area contributed by atoms with Crippen molar-refractivity contribution in [3.05, 3.63) is 70.2 Å². The lowest BCUT2D eigenvalue weighted by atomic mass is 10.0. The van der Waals surface area contributed by atoms with E-state index in [0.29, 0.717) is 16.1 Å². The highest BCUT2D eigenvalue weighted by molar-refractivity contribution is 6.31. The summed E-state index contributed by atoms with van der Waals surface area (Å²) in [6.45, 7) is 2.18. The summed E-state index contributed by atoms with van der Waals surface area (Å²) in [7, 11) is 0. The maximum atomic E-state index is 12.3. The van der Waals surface area contributed by atoms with Gasteiger partial charge >= 0.3 is 0 Å². The summed E-state index contributed by atoms with van der Waals surface area (Å²) in [4.78, 5) is 12.3. The molecule has 2 rings (SSSR count). The molecule has 0 saturated heterocycles. The van der Waals surface area contributed by atoms with Crippen LogP contribution in [-0.4, -0.2) is 5.78 Å². The molecule has 0 aliphatic rings. The number of ketones is 1. The maximum Gasteiger partial charge on any atom is 0.193 e. The predicted octanol–water partition coefficient (Wildman–Crippen LogP) is 4.91. The molecule has 0 fully saturated rings. The fourth-order valence-corrected chi connectivity index (χ4v) is 2.19. The highest BCUT2D eigenvalue weighted by atomic mass is 35.5. The number of halogens is 1. The van der Waals surface area contributed by atoms with E-state index < -0.39 is 0 Å². The van der Waals surface area contributed by atoms with Gasteiger partial charge in [0.25, 0.3) is 0 Å². The molecule has 0 aliphatic heterocycles. The van der Waals surface area contributed by atoms with Crippen LogP contribution in [0.5, 0.6) is 0 Å². The minimum absolute atomic E-state index is 0.0181. The third-order valence-corrected chi connectivity index (χ3v) is 3.36. The van der Waals surface area contributed by atoms with Gasteiger partial charge in [-0.2, -0.15) is 0 Å². The largest absolute Gasteiger partial charge is 0.289 e. The summed E-state index contributed by atoms with van der Waals surface area (Å²) in [5.41, 5.74) is 2.63. The number of benzene rings is 2. The summed E-state index contributed by atoms with van der Waals surface area (Å²) in [5.74, 6) is 0.0181. The molecular weight excluding hydrogens is 256 g/mol. The standard InChI is InChI=1S/C17H17ClO/c1-2-3-5-13-8-10-14(11-9-13)17(19)15-6-4-7-16(18)12-15/h4,6-12H,2-3,5H2,1H3. The summed E-state index contributed by atoms with van der Waals surface area (Å²) in [5, 5.41) is 0.588. The normalized spacial score (nSPS) is 10.4. The molecule has 0 unspecified atom stereocenters. The Bertz CT molecular complexity index is 558. The second-order valence-corrected chi connectivity index (χ2v) is 5.08. The molecule has 0 heterocycles. The number of hydrogen-bond acceptors (Lipinski definition) is 1. The number of hydrogen-bond donors (Lipinski definition) is 0. The van der Waals surface area contributed by atoms with Gasteiger partial charge in [0.05, 0.1) is 0 Å². The van der Waals surface area contributed by atoms with Gasteiger partial charge < -0.3 is 0 Å². The summed E-state index contributed by atoms with van der Waals surface area (Å²) < 4.78 is 0.